The molecule has 0 aliphatic carbocycles. The van der Waals surface area contributed by atoms with E-state index in [4.69, 9.17) is 16.3 Å². The highest BCUT2D eigenvalue weighted by atomic mass is 79.9. The van der Waals surface area contributed by atoms with E-state index in [9.17, 15) is 14.9 Å². The molecule has 0 unspecified atom stereocenters. The Morgan fingerprint density at radius 2 is 1.97 bits per heavy atom. The lowest BCUT2D eigenvalue weighted by molar-refractivity contribution is -0.138. The summed E-state index contributed by atoms with van der Waals surface area (Å²) in [5.41, 5.74) is 1.21. The molecule has 148 valence electrons. The molecule has 1 amide bonds. The van der Waals surface area contributed by atoms with Crippen LogP contribution in [-0.4, -0.2) is 23.7 Å². The number of amides is 1. The van der Waals surface area contributed by atoms with Crippen molar-refractivity contribution in [2.24, 2.45) is 0 Å². The van der Waals surface area contributed by atoms with Gasteiger partial charge in [-0.25, -0.2) is 4.79 Å². The fourth-order valence-corrected chi connectivity index (χ4v) is 4.63. The third-order valence-electron chi connectivity index (χ3n) is 4.21. The molecule has 0 bridgehead atoms. The van der Waals surface area contributed by atoms with Gasteiger partial charge < -0.3 is 4.74 Å². The van der Waals surface area contributed by atoms with Crippen molar-refractivity contribution in [3.63, 3.8) is 0 Å². The van der Waals surface area contributed by atoms with E-state index >= 15 is 0 Å². The predicted molar refractivity (Wildman–Crippen MR) is 117 cm³/mol. The van der Waals surface area contributed by atoms with Crippen LogP contribution in [-0.2, 0) is 20.7 Å². The van der Waals surface area contributed by atoms with E-state index in [0.29, 0.717) is 17.1 Å². The van der Waals surface area contributed by atoms with Crippen LogP contribution in [0, 0.1) is 11.3 Å². The SMILES string of the molecule is CCOC(=O)/C(C#N)=C1\S[C@H](Cc2ccccc2Cl)C(=O)N1c1ccc(Br)cc1. The molecule has 0 N–H and O–H groups in total. The molecule has 1 fully saturated rings. The van der Waals surface area contributed by atoms with Crippen molar-refractivity contribution in [2.75, 3.05) is 11.5 Å². The van der Waals surface area contributed by atoms with Gasteiger partial charge in [0.2, 0.25) is 5.91 Å². The van der Waals surface area contributed by atoms with E-state index in [2.05, 4.69) is 15.9 Å². The molecular formula is C21H16BrClN2O3S. The molecule has 3 rings (SSSR count). The fourth-order valence-electron chi connectivity index (χ4n) is 2.86. The zero-order valence-electron chi connectivity index (χ0n) is 15.4. The highest BCUT2D eigenvalue weighted by Crippen LogP contribution is 2.42. The Kier molecular flexibility index (Phi) is 7.01. The molecule has 1 saturated heterocycles. The van der Waals surface area contributed by atoms with E-state index < -0.39 is 11.2 Å². The number of hydrogen-bond donors (Lipinski definition) is 0. The zero-order chi connectivity index (χ0) is 21.0. The van der Waals surface area contributed by atoms with Crippen LogP contribution in [0.2, 0.25) is 5.02 Å². The number of benzene rings is 2. The van der Waals surface area contributed by atoms with Crippen LogP contribution in [0.4, 0.5) is 5.69 Å². The lowest BCUT2D eigenvalue weighted by Gasteiger charge is -2.18. The Labute approximate surface area is 186 Å². The number of thioether (sulfide) groups is 1. The van der Waals surface area contributed by atoms with Gasteiger partial charge in [0.1, 0.15) is 11.1 Å². The second-order valence-electron chi connectivity index (χ2n) is 6.06. The Morgan fingerprint density at radius 1 is 1.28 bits per heavy atom. The quantitative estimate of drug-likeness (QED) is 0.331. The van der Waals surface area contributed by atoms with Gasteiger partial charge in [0, 0.05) is 15.2 Å². The van der Waals surface area contributed by atoms with Crippen LogP contribution in [0.1, 0.15) is 12.5 Å². The molecule has 1 aliphatic heterocycles. The first-order chi connectivity index (χ1) is 14.0. The Bertz CT molecular complexity index is 1020. The summed E-state index contributed by atoms with van der Waals surface area (Å²) in [6, 6.07) is 16.3. The second-order valence-corrected chi connectivity index (χ2v) is 8.58. The van der Waals surface area contributed by atoms with Crippen molar-refractivity contribution in [3.05, 3.63) is 74.2 Å². The average Bonchev–Trinajstić information content (AvgIpc) is 3.01. The minimum absolute atomic E-state index is 0.136. The van der Waals surface area contributed by atoms with Gasteiger partial charge in [-0.1, -0.05) is 57.5 Å². The molecule has 5 nitrogen and oxygen atoms in total. The van der Waals surface area contributed by atoms with E-state index in [0.717, 1.165) is 10.0 Å². The van der Waals surface area contributed by atoms with Crippen molar-refractivity contribution in [1.29, 1.82) is 5.26 Å². The molecule has 8 heteroatoms. The number of ether oxygens (including phenoxy) is 1. The first kappa shape index (κ1) is 21.4. The third kappa shape index (κ3) is 4.67. The number of nitriles is 1. The van der Waals surface area contributed by atoms with Gasteiger partial charge in [0.05, 0.1) is 11.9 Å². The van der Waals surface area contributed by atoms with E-state index in [-0.39, 0.29) is 23.1 Å². The Balaban J connectivity index is 2.05. The third-order valence-corrected chi connectivity index (χ3v) is 6.37. The summed E-state index contributed by atoms with van der Waals surface area (Å²) in [5.74, 6) is -0.963. The molecule has 1 heterocycles. The summed E-state index contributed by atoms with van der Waals surface area (Å²) in [6.45, 7) is 1.80. The van der Waals surface area contributed by atoms with Crippen LogP contribution >= 0.6 is 39.3 Å². The van der Waals surface area contributed by atoms with Crippen molar-refractivity contribution < 1.29 is 14.3 Å². The van der Waals surface area contributed by atoms with Crippen molar-refractivity contribution in [1.82, 2.24) is 0 Å². The summed E-state index contributed by atoms with van der Waals surface area (Å²) in [4.78, 5) is 27.0. The molecular weight excluding hydrogens is 476 g/mol. The number of carbonyl (C=O) groups excluding carboxylic acids is 2. The van der Waals surface area contributed by atoms with Crippen LogP contribution in [0.3, 0.4) is 0 Å². The second kappa shape index (κ2) is 9.49. The molecule has 0 spiro atoms. The predicted octanol–water partition coefficient (Wildman–Crippen LogP) is 5.09. The summed E-state index contributed by atoms with van der Waals surface area (Å²) >= 11 is 10.8. The minimum atomic E-state index is -0.745. The monoisotopic (exact) mass is 490 g/mol. The van der Waals surface area contributed by atoms with Crippen LogP contribution in [0.25, 0.3) is 0 Å². The number of esters is 1. The molecule has 0 aromatic heterocycles. The van der Waals surface area contributed by atoms with E-state index in [1.165, 1.54) is 16.7 Å². The summed E-state index contributed by atoms with van der Waals surface area (Å²) < 4.78 is 5.87. The number of hydrogen-bond acceptors (Lipinski definition) is 5. The highest BCUT2D eigenvalue weighted by molar-refractivity contribution is 9.10. The smallest absolute Gasteiger partial charge is 0.351 e. The van der Waals surface area contributed by atoms with Crippen LogP contribution in [0.5, 0.6) is 0 Å². The summed E-state index contributed by atoms with van der Waals surface area (Å²) in [6.07, 6.45) is 0.376. The largest absolute Gasteiger partial charge is 0.462 e. The summed E-state index contributed by atoms with van der Waals surface area (Å²) in [7, 11) is 0. The maximum Gasteiger partial charge on any atom is 0.351 e. The van der Waals surface area contributed by atoms with Gasteiger partial charge in [-0.2, -0.15) is 5.26 Å². The molecule has 2 aromatic carbocycles. The maximum absolute atomic E-state index is 13.3. The van der Waals surface area contributed by atoms with Gasteiger partial charge >= 0.3 is 5.97 Å². The van der Waals surface area contributed by atoms with Gasteiger partial charge in [-0.3, -0.25) is 9.69 Å². The first-order valence-corrected chi connectivity index (χ1v) is 10.8. The number of anilines is 1. The molecule has 1 atom stereocenters. The Hall–Kier alpha value is -2.27. The van der Waals surface area contributed by atoms with Gasteiger partial charge in [0.15, 0.2) is 5.57 Å². The van der Waals surface area contributed by atoms with E-state index in [1.54, 1.807) is 37.3 Å². The minimum Gasteiger partial charge on any atom is -0.462 e. The van der Waals surface area contributed by atoms with Gasteiger partial charge in [-0.15, -0.1) is 0 Å². The normalized spacial score (nSPS) is 17.8. The maximum atomic E-state index is 13.3. The molecule has 2 aromatic rings. The standard InChI is InChI=1S/C21H16BrClN2O3S/c1-2-28-21(27)16(12-24)20-25(15-9-7-14(22)8-10-15)19(26)18(29-20)11-13-5-3-4-6-17(13)23/h3-10,18H,2,11H2,1H3/b20-16-/t18-/m1/s1. The number of carbonyl (C=O) groups is 2. The number of nitrogens with zero attached hydrogens (tertiary/aromatic N) is 2. The van der Waals surface area contributed by atoms with Crippen LogP contribution < -0.4 is 4.90 Å². The van der Waals surface area contributed by atoms with Crippen molar-refractivity contribution in [3.8, 4) is 6.07 Å². The topological polar surface area (TPSA) is 70.4 Å². The lowest BCUT2D eigenvalue weighted by atomic mass is 10.1. The van der Waals surface area contributed by atoms with Crippen molar-refractivity contribution >= 4 is 56.9 Å². The highest BCUT2D eigenvalue weighted by Gasteiger charge is 2.41. The van der Waals surface area contributed by atoms with E-state index in [1.807, 2.05) is 24.3 Å². The Morgan fingerprint density at radius 3 is 2.59 bits per heavy atom. The first-order valence-electron chi connectivity index (χ1n) is 8.77. The lowest BCUT2D eigenvalue weighted by Crippen LogP contribution is -2.30. The fraction of sp³-hybridized carbons (Fsp3) is 0.190. The summed E-state index contributed by atoms with van der Waals surface area (Å²) in [5, 5.41) is 9.93. The number of halogens is 2. The molecule has 0 saturated carbocycles. The van der Waals surface area contributed by atoms with Gasteiger partial charge in [0.25, 0.3) is 0 Å². The molecule has 0 radical (unpaired) electrons. The zero-order valence-corrected chi connectivity index (χ0v) is 18.6. The average molecular weight is 492 g/mol. The molecule has 29 heavy (non-hydrogen) atoms. The van der Waals surface area contributed by atoms with Crippen LogP contribution in [0.15, 0.2) is 63.6 Å². The molecule has 1 aliphatic rings. The number of rotatable bonds is 5. The van der Waals surface area contributed by atoms with Crippen molar-refractivity contribution in [2.45, 2.75) is 18.6 Å². The van der Waals surface area contributed by atoms with Gasteiger partial charge in [-0.05, 0) is 49.2 Å².